The largest absolute Gasteiger partial charge is 0.0622 e. The lowest BCUT2D eigenvalue weighted by Crippen LogP contribution is -2.15. The first-order valence-electron chi connectivity index (χ1n) is 22.9. The van der Waals surface area contributed by atoms with Crippen LogP contribution in [0.1, 0.15) is 52.8 Å². The summed E-state index contributed by atoms with van der Waals surface area (Å²) in [4.78, 5) is 0. The first-order chi connectivity index (χ1) is 31.7. The van der Waals surface area contributed by atoms with Crippen LogP contribution in [0.3, 0.4) is 0 Å². The van der Waals surface area contributed by atoms with Gasteiger partial charge in [0.15, 0.2) is 0 Å². The van der Waals surface area contributed by atoms with Gasteiger partial charge in [-0.15, -0.1) is 0 Å². The van der Waals surface area contributed by atoms with Crippen molar-refractivity contribution in [2.45, 2.75) is 46.5 Å². The summed E-state index contributed by atoms with van der Waals surface area (Å²) in [6.07, 6.45) is 1.04. The Bertz CT molecular complexity index is 3300. The first kappa shape index (κ1) is 41.5. The van der Waals surface area contributed by atoms with Gasteiger partial charge < -0.3 is 0 Å². The molecule has 0 fully saturated rings. The monoisotopic (exact) mass is 834 g/mol. The molecule has 0 unspecified atom stereocenters. The van der Waals surface area contributed by atoms with E-state index in [9.17, 15) is 0 Å². The van der Waals surface area contributed by atoms with E-state index in [0.29, 0.717) is 0 Å². The lowest BCUT2D eigenvalue weighted by molar-refractivity contribution is 0.660. The molecule has 0 aromatic heterocycles. The van der Waals surface area contributed by atoms with Gasteiger partial charge in [-0.05, 0) is 139 Å². The molecule has 10 aromatic carbocycles. The van der Waals surface area contributed by atoms with Gasteiger partial charge in [-0.25, -0.2) is 0 Å². The zero-order valence-electron chi connectivity index (χ0n) is 38.1. The molecule has 0 heterocycles. The van der Waals surface area contributed by atoms with Crippen LogP contribution in [0, 0.1) is 20.8 Å². The molecule has 314 valence electrons. The van der Waals surface area contributed by atoms with Gasteiger partial charge in [-0.3, -0.25) is 0 Å². The molecule has 0 saturated carbocycles. The van der Waals surface area contributed by atoms with Crippen LogP contribution in [0.15, 0.2) is 224 Å². The van der Waals surface area contributed by atoms with Crippen molar-refractivity contribution in [3.8, 4) is 66.8 Å². The number of aryl methyl sites for hydroxylation is 3. The van der Waals surface area contributed by atoms with Gasteiger partial charge >= 0.3 is 0 Å². The van der Waals surface area contributed by atoms with E-state index in [0.717, 1.165) is 6.42 Å². The van der Waals surface area contributed by atoms with Crippen molar-refractivity contribution in [3.05, 3.63) is 263 Å². The Morgan fingerprint density at radius 1 is 0.292 bits per heavy atom. The molecule has 2 aliphatic rings. The second-order valence-electron chi connectivity index (χ2n) is 18.3. The second-order valence-corrected chi connectivity index (χ2v) is 18.3. The highest BCUT2D eigenvalue weighted by Crippen LogP contribution is 2.50. The first-order valence-corrected chi connectivity index (χ1v) is 22.9. The summed E-state index contributed by atoms with van der Waals surface area (Å²) in [6.45, 7) is 11.1. The quantitative estimate of drug-likeness (QED) is 0.166. The normalized spacial score (nSPS) is 12.4. The molecule has 0 heteroatoms. The summed E-state index contributed by atoms with van der Waals surface area (Å²) in [5.41, 5.74) is 25.6. The van der Waals surface area contributed by atoms with E-state index < -0.39 is 0 Å². The Morgan fingerprint density at radius 2 is 0.754 bits per heavy atom. The molecule has 0 amide bonds. The van der Waals surface area contributed by atoms with Crippen molar-refractivity contribution in [1.29, 1.82) is 0 Å². The zero-order valence-corrected chi connectivity index (χ0v) is 38.1. The number of hydrogen-bond acceptors (Lipinski definition) is 0. The molecule has 10 aromatic rings. The minimum atomic E-state index is 0.0413. The van der Waals surface area contributed by atoms with Gasteiger partial charge in [0, 0.05) is 5.41 Å². The topological polar surface area (TPSA) is 0 Å². The molecule has 0 spiro atoms. The summed E-state index contributed by atoms with van der Waals surface area (Å²) in [6, 6.07) is 81.3. The van der Waals surface area contributed by atoms with Crippen LogP contribution in [0.2, 0.25) is 0 Å². The van der Waals surface area contributed by atoms with Gasteiger partial charge in [-0.1, -0.05) is 243 Å². The van der Waals surface area contributed by atoms with Crippen LogP contribution in [-0.2, 0) is 11.8 Å². The highest BCUT2D eigenvalue weighted by atomic mass is 14.4. The van der Waals surface area contributed by atoms with Gasteiger partial charge in [0.1, 0.15) is 0 Å². The Kier molecular flexibility index (Phi) is 11.2. The fourth-order valence-corrected chi connectivity index (χ4v) is 9.82. The zero-order chi connectivity index (χ0) is 44.5. The Labute approximate surface area is 385 Å². The van der Waals surface area contributed by atoms with E-state index in [1.54, 1.807) is 0 Å². The smallest absolute Gasteiger partial charge is 0.0159 e. The minimum absolute atomic E-state index is 0.0413. The van der Waals surface area contributed by atoms with E-state index in [1.165, 1.54) is 116 Å². The van der Waals surface area contributed by atoms with E-state index in [4.69, 9.17) is 0 Å². The van der Waals surface area contributed by atoms with Crippen LogP contribution in [0.4, 0.5) is 0 Å². The molecule has 0 saturated heterocycles. The van der Waals surface area contributed by atoms with Crippen molar-refractivity contribution in [2.24, 2.45) is 0 Å². The van der Waals surface area contributed by atoms with Crippen molar-refractivity contribution >= 4 is 10.8 Å². The summed E-state index contributed by atoms with van der Waals surface area (Å²) in [7, 11) is 0. The average molecular weight is 835 g/mol. The number of fused-ring (bicyclic) bond motifs is 7. The van der Waals surface area contributed by atoms with Crippen LogP contribution < -0.4 is 0 Å². The van der Waals surface area contributed by atoms with Crippen molar-refractivity contribution in [3.63, 3.8) is 0 Å². The summed E-state index contributed by atoms with van der Waals surface area (Å²) < 4.78 is 0. The second kappa shape index (κ2) is 17.6. The molecular weight excluding hydrogens is 781 g/mol. The third kappa shape index (κ3) is 8.37. The molecule has 0 N–H and O–H groups in total. The lowest BCUT2D eigenvalue weighted by Gasteiger charge is -2.22. The molecule has 0 atom stereocenters. The van der Waals surface area contributed by atoms with Crippen LogP contribution in [0.5, 0.6) is 0 Å². The van der Waals surface area contributed by atoms with Crippen molar-refractivity contribution in [1.82, 2.24) is 0 Å². The van der Waals surface area contributed by atoms with E-state index >= 15 is 0 Å². The average Bonchev–Trinajstić information content (AvgIpc) is 3.83. The van der Waals surface area contributed by atoms with Gasteiger partial charge in [0.2, 0.25) is 0 Å². The van der Waals surface area contributed by atoms with Crippen molar-refractivity contribution in [2.75, 3.05) is 0 Å². The molecule has 0 nitrogen and oxygen atoms in total. The third-order valence-electron chi connectivity index (χ3n) is 13.5. The Morgan fingerprint density at radius 3 is 1.49 bits per heavy atom. The fourth-order valence-electron chi connectivity index (χ4n) is 9.82. The van der Waals surface area contributed by atoms with Gasteiger partial charge in [0.05, 0.1) is 0 Å². The number of hydrogen-bond donors (Lipinski definition) is 0. The maximum Gasteiger partial charge on any atom is 0.0159 e. The molecule has 65 heavy (non-hydrogen) atoms. The van der Waals surface area contributed by atoms with Gasteiger partial charge in [0.25, 0.3) is 0 Å². The van der Waals surface area contributed by atoms with E-state index in [1.807, 2.05) is 6.07 Å². The Balaban J connectivity index is 0.000000121. The number of benzene rings is 10. The van der Waals surface area contributed by atoms with Crippen molar-refractivity contribution < 1.29 is 0 Å². The lowest BCUT2D eigenvalue weighted by atomic mass is 9.81. The van der Waals surface area contributed by atoms with E-state index in [2.05, 4.69) is 253 Å². The van der Waals surface area contributed by atoms with Gasteiger partial charge in [-0.2, -0.15) is 0 Å². The fraction of sp³-hybridized carbons (Fsp3) is 0.108. The molecule has 0 radical (unpaired) electrons. The summed E-state index contributed by atoms with van der Waals surface area (Å²) in [5.74, 6) is 0. The third-order valence-corrected chi connectivity index (χ3v) is 13.5. The highest BCUT2D eigenvalue weighted by Gasteiger charge is 2.35. The summed E-state index contributed by atoms with van der Waals surface area (Å²) in [5, 5.41) is 2.62. The number of rotatable bonds is 4. The summed E-state index contributed by atoms with van der Waals surface area (Å²) >= 11 is 0. The predicted octanol–water partition coefficient (Wildman–Crippen LogP) is 17.7. The maximum absolute atomic E-state index is 2.43. The molecule has 0 bridgehead atoms. The molecule has 12 rings (SSSR count). The standard InChI is InChI=1S/C29H24.C19H16.C17H14/c1-18-8-11-25-26-13-10-20(17-28(26)29(2,3)27(25)14-18)19-9-12-24-22(15-19)16-21-6-4-5-7-23(21)24;1-15-10-12-17(13-11-15)19-9-5-8-18(14-19)16-6-3-2-4-7-16;1-13-9-11-15(12-10-13)17-8-4-6-14-5-2-3-7-16(14)17/h4-15,17H,16H2,1-3H3;2-14H,1H3;2-12H,1H3. The van der Waals surface area contributed by atoms with E-state index in [-0.39, 0.29) is 5.41 Å². The SMILES string of the molecule is Cc1ccc(-c2cccc(-c3ccccc3)c2)cc1.Cc1ccc(-c2cccc3ccccc23)cc1.Cc1ccc2c(c1)C(C)(C)c1cc(-c3ccc4c(c3)Cc3ccccc3-4)ccc1-2. The minimum Gasteiger partial charge on any atom is -0.0622 e. The van der Waals surface area contributed by atoms with Crippen LogP contribution in [-0.4, -0.2) is 0 Å². The van der Waals surface area contributed by atoms with Crippen LogP contribution >= 0.6 is 0 Å². The molecule has 0 aliphatic heterocycles. The predicted molar refractivity (Wildman–Crippen MR) is 279 cm³/mol. The Hall–Kier alpha value is -7.54. The molecule has 2 aliphatic carbocycles. The maximum atomic E-state index is 2.43. The highest BCUT2D eigenvalue weighted by molar-refractivity contribution is 5.96. The molecular formula is C65H54. The van der Waals surface area contributed by atoms with Crippen LogP contribution in [0.25, 0.3) is 77.5 Å².